The molecule has 0 aliphatic heterocycles. The Balaban J connectivity index is 4.23. The lowest BCUT2D eigenvalue weighted by Gasteiger charge is -1.95. The third-order valence-corrected chi connectivity index (χ3v) is 1.28. The molecule has 0 amide bonds. The van der Waals surface area contributed by atoms with Gasteiger partial charge in [-0.1, -0.05) is 24.8 Å². The van der Waals surface area contributed by atoms with Gasteiger partial charge in [0.05, 0.1) is 5.70 Å². The van der Waals surface area contributed by atoms with Crippen LogP contribution >= 0.6 is 0 Å². The van der Waals surface area contributed by atoms with Crippen LogP contribution in [-0.2, 0) is 0 Å². The van der Waals surface area contributed by atoms with Gasteiger partial charge < -0.3 is 0 Å². The molecule has 0 aromatic carbocycles. The summed E-state index contributed by atoms with van der Waals surface area (Å²) in [5.74, 6) is 0. The second kappa shape index (κ2) is 5.66. The van der Waals surface area contributed by atoms with Gasteiger partial charge in [-0.2, -0.15) is 0 Å². The molecule has 0 radical (unpaired) electrons. The first-order chi connectivity index (χ1) is 5.22. The van der Waals surface area contributed by atoms with Crippen molar-refractivity contribution in [3.63, 3.8) is 0 Å². The van der Waals surface area contributed by atoms with Crippen LogP contribution < -0.4 is 0 Å². The van der Waals surface area contributed by atoms with Crippen molar-refractivity contribution < 1.29 is 0 Å². The second-order valence-electron chi connectivity index (χ2n) is 2.21. The molecule has 0 rings (SSSR count). The van der Waals surface area contributed by atoms with Crippen LogP contribution in [0.4, 0.5) is 0 Å². The molecule has 0 heterocycles. The number of allylic oxidation sites excluding steroid dienone is 4. The van der Waals surface area contributed by atoms with E-state index >= 15 is 0 Å². The molecule has 0 bridgehead atoms. The van der Waals surface area contributed by atoms with Crippen LogP contribution in [-0.4, -0.2) is 6.21 Å². The molecule has 0 aromatic heterocycles. The topological polar surface area (TPSA) is 12.4 Å². The first-order valence-electron chi connectivity index (χ1n) is 3.70. The van der Waals surface area contributed by atoms with Crippen molar-refractivity contribution in [2.75, 3.05) is 0 Å². The highest BCUT2D eigenvalue weighted by Gasteiger charge is 1.88. The van der Waals surface area contributed by atoms with Gasteiger partial charge in [-0.25, -0.2) is 0 Å². The van der Waals surface area contributed by atoms with E-state index in [2.05, 4.69) is 11.6 Å². The zero-order chi connectivity index (χ0) is 8.69. The van der Waals surface area contributed by atoms with Crippen molar-refractivity contribution in [3.05, 3.63) is 36.1 Å². The Morgan fingerprint density at radius 3 is 2.45 bits per heavy atom. The van der Waals surface area contributed by atoms with Crippen molar-refractivity contribution in [2.45, 2.75) is 20.8 Å². The Bertz CT molecular complexity index is 207. The summed E-state index contributed by atoms with van der Waals surface area (Å²) in [6, 6.07) is 0. The fraction of sp³-hybridized carbons (Fsp3) is 0.300. The molecule has 0 spiro atoms. The highest BCUT2D eigenvalue weighted by Crippen LogP contribution is 2.06. The minimum atomic E-state index is 0.825. The molecular formula is C10H15N. The van der Waals surface area contributed by atoms with E-state index in [4.69, 9.17) is 0 Å². The van der Waals surface area contributed by atoms with E-state index in [1.54, 1.807) is 6.21 Å². The number of hydrogen-bond acceptors (Lipinski definition) is 1. The second-order valence-corrected chi connectivity index (χ2v) is 2.21. The van der Waals surface area contributed by atoms with Crippen LogP contribution in [0, 0.1) is 0 Å². The summed E-state index contributed by atoms with van der Waals surface area (Å²) in [4.78, 5) is 4.06. The van der Waals surface area contributed by atoms with Crippen molar-refractivity contribution in [3.8, 4) is 0 Å². The van der Waals surface area contributed by atoms with Gasteiger partial charge in [0.1, 0.15) is 0 Å². The lowest BCUT2D eigenvalue weighted by atomic mass is 10.2. The lowest BCUT2D eigenvalue weighted by molar-refractivity contribution is 1.30. The van der Waals surface area contributed by atoms with Crippen LogP contribution in [0.5, 0.6) is 0 Å². The van der Waals surface area contributed by atoms with E-state index in [9.17, 15) is 0 Å². The SMILES string of the molecule is C=C(N=CC)/C(C)=C/C=CC. The van der Waals surface area contributed by atoms with E-state index in [-0.39, 0.29) is 0 Å². The molecule has 1 nitrogen and oxygen atoms in total. The number of hydrogen-bond donors (Lipinski definition) is 0. The van der Waals surface area contributed by atoms with Gasteiger partial charge in [0.15, 0.2) is 0 Å². The van der Waals surface area contributed by atoms with Crippen molar-refractivity contribution in [1.82, 2.24) is 0 Å². The molecule has 0 aliphatic rings. The van der Waals surface area contributed by atoms with Gasteiger partial charge in [0.2, 0.25) is 0 Å². The van der Waals surface area contributed by atoms with Crippen LogP contribution in [0.25, 0.3) is 0 Å². The largest absolute Gasteiger partial charge is 0.262 e. The number of aliphatic imine (C=N–C) groups is 1. The Morgan fingerprint density at radius 1 is 1.36 bits per heavy atom. The summed E-state index contributed by atoms with van der Waals surface area (Å²) in [5, 5.41) is 0. The van der Waals surface area contributed by atoms with Gasteiger partial charge in [-0.15, -0.1) is 0 Å². The summed E-state index contributed by atoms with van der Waals surface area (Å²) in [5.41, 5.74) is 1.92. The maximum atomic E-state index is 4.06. The molecule has 0 N–H and O–H groups in total. The van der Waals surface area contributed by atoms with E-state index in [1.165, 1.54) is 0 Å². The summed E-state index contributed by atoms with van der Waals surface area (Å²) in [6.45, 7) is 9.66. The minimum absolute atomic E-state index is 0.825. The molecule has 0 aromatic rings. The van der Waals surface area contributed by atoms with Gasteiger partial charge in [-0.05, 0) is 26.3 Å². The average Bonchev–Trinajstić information content (AvgIpc) is 2.00. The quantitative estimate of drug-likeness (QED) is 0.432. The molecule has 0 fully saturated rings. The Kier molecular flexibility index (Phi) is 5.09. The molecule has 0 atom stereocenters. The summed E-state index contributed by atoms with van der Waals surface area (Å²) < 4.78 is 0. The zero-order valence-corrected chi connectivity index (χ0v) is 7.46. The smallest absolute Gasteiger partial charge is 0.0582 e. The fourth-order valence-electron chi connectivity index (χ4n) is 0.594. The number of rotatable bonds is 3. The van der Waals surface area contributed by atoms with Gasteiger partial charge >= 0.3 is 0 Å². The molecule has 0 saturated carbocycles. The van der Waals surface area contributed by atoms with E-state index in [0.29, 0.717) is 0 Å². The van der Waals surface area contributed by atoms with Crippen LogP contribution in [0.3, 0.4) is 0 Å². The highest BCUT2D eigenvalue weighted by molar-refractivity contribution is 5.56. The molecule has 1 heteroatoms. The molecule has 0 saturated heterocycles. The maximum absolute atomic E-state index is 4.06. The molecule has 60 valence electrons. The molecule has 0 unspecified atom stereocenters. The van der Waals surface area contributed by atoms with E-state index in [1.807, 2.05) is 39.0 Å². The lowest BCUT2D eigenvalue weighted by Crippen LogP contribution is -1.77. The van der Waals surface area contributed by atoms with Crippen molar-refractivity contribution >= 4 is 6.21 Å². The third kappa shape index (κ3) is 4.31. The van der Waals surface area contributed by atoms with E-state index < -0.39 is 0 Å². The Morgan fingerprint density at radius 2 is 2.00 bits per heavy atom. The highest BCUT2D eigenvalue weighted by atomic mass is 14.7. The molecule has 11 heavy (non-hydrogen) atoms. The third-order valence-electron chi connectivity index (χ3n) is 1.28. The Labute approximate surface area is 68.9 Å². The predicted octanol–water partition coefficient (Wildman–Crippen LogP) is 3.11. The van der Waals surface area contributed by atoms with Crippen LogP contribution in [0.15, 0.2) is 41.1 Å². The predicted molar refractivity (Wildman–Crippen MR) is 51.9 cm³/mol. The first-order valence-corrected chi connectivity index (χ1v) is 3.70. The zero-order valence-electron chi connectivity index (χ0n) is 7.46. The molecule has 0 aliphatic carbocycles. The van der Waals surface area contributed by atoms with E-state index in [0.717, 1.165) is 11.3 Å². The summed E-state index contributed by atoms with van der Waals surface area (Å²) in [7, 11) is 0. The Hall–Kier alpha value is -1.11. The average molecular weight is 149 g/mol. The minimum Gasteiger partial charge on any atom is -0.262 e. The van der Waals surface area contributed by atoms with Gasteiger partial charge in [-0.3, -0.25) is 4.99 Å². The normalized spacial score (nSPS) is 13.2. The number of nitrogens with zero attached hydrogens (tertiary/aromatic N) is 1. The van der Waals surface area contributed by atoms with Gasteiger partial charge in [0, 0.05) is 6.21 Å². The summed E-state index contributed by atoms with van der Waals surface area (Å²) in [6.07, 6.45) is 7.70. The first kappa shape index (κ1) is 9.89. The van der Waals surface area contributed by atoms with Crippen LogP contribution in [0.2, 0.25) is 0 Å². The van der Waals surface area contributed by atoms with Gasteiger partial charge in [0.25, 0.3) is 0 Å². The standard InChI is InChI=1S/C10H15N/c1-5-7-8-9(3)10(4)11-6-2/h5-8H,4H2,1-3H3/b7-5?,9-8+,11-6?. The van der Waals surface area contributed by atoms with Crippen LogP contribution in [0.1, 0.15) is 20.8 Å². The monoisotopic (exact) mass is 149 g/mol. The molecular weight excluding hydrogens is 134 g/mol. The maximum Gasteiger partial charge on any atom is 0.0582 e. The fourth-order valence-corrected chi connectivity index (χ4v) is 0.594. The summed E-state index contributed by atoms with van der Waals surface area (Å²) >= 11 is 0. The van der Waals surface area contributed by atoms with Crippen molar-refractivity contribution in [1.29, 1.82) is 0 Å². The van der Waals surface area contributed by atoms with Crippen molar-refractivity contribution in [2.24, 2.45) is 4.99 Å².